The molecule has 6 rings (SSSR count). The smallest absolute Gasteiger partial charge is 0.298 e. The van der Waals surface area contributed by atoms with Gasteiger partial charge in [-0.15, -0.1) is 0 Å². The number of nitrogens with zero attached hydrogens (tertiary/aromatic N) is 4. The number of para-hydroxylation sites is 2. The van der Waals surface area contributed by atoms with Crippen molar-refractivity contribution < 1.29 is 4.42 Å². The predicted octanol–water partition coefficient (Wildman–Crippen LogP) is 4.07. The Balaban J connectivity index is 1.18. The first-order valence-corrected chi connectivity index (χ1v) is 11.0. The Morgan fingerprint density at radius 3 is 2.69 bits per heavy atom. The van der Waals surface area contributed by atoms with Gasteiger partial charge in [0, 0.05) is 37.9 Å². The minimum Gasteiger partial charge on any atom is -0.423 e. The lowest BCUT2D eigenvalue weighted by Crippen LogP contribution is -2.35. The summed E-state index contributed by atoms with van der Waals surface area (Å²) in [5.41, 5.74) is 6.09. The topological polar surface area (TPSA) is 35.8 Å². The number of rotatable bonds is 3. The number of hydrogen-bond acceptors (Lipinski definition) is 5. The van der Waals surface area contributed by atoms with E-state index >= 15 is 0 Å². The Kier molecular flexibility index (Phi) is 4.22. The summed E-state index contributed by atoms with van der Waals surface area (Å²) in [6.07, 6.45) is 5.12. The van der Waals surface area contributed by atoms with Crippen LogP contribution in [0.4, 0.5) is 11.7 Å². The van der Waals surface area contributed by atoms with Gasteiger partial charge < -0.3 is 14.2 Å². The van der Waals surface area contributed by atoms with Gasteiger partial charge in [0.15, 0.2) is 5.58 Å². The Morgan fingerprint density at radius 1 is 0.897 bits per heavy atom. The number of benzene rings is 2. The Morgan fingerprint density at radius 2 is 1.79 bits per heavy atom. The maximum atomic E-state index is 5.99. The van der Waals surface area contributed by atoms with E-state index in [0.717, 1.165) is 42.7 Å². The van der Waals surface area contributed by atoms with Crippen LogP contribution in [0.15, 0.2) is 46.9 Å². The number of anilines is 2. The third-order valence-corrected chi connectivity index (χ3v) is 6.94. The van der Waals surface area contributed by atoms with Crippen molar-refractivity contribution in [3.05, 3.63) is 53.6 Å². The van der Waals surface area contributed by atoms with Gasteiger partial charge in [-0.25, -0.2) is 0 Å². The predicted molar refractivity (Wildman–Crippen MR) is 117 cm³/mol. The molecule has 0 saturated carbocycles. The third-order valence-electron chi connectivity index (χ3n) is 6.94. The van der Waals surface area contributed by atoms with Crippen LogP contribution in [0.3, 0.4) is 0 Å². The van der Waals surface area contributed by atoms with Crippen molar-refractivity contribution >= 4 is 22.8 Å². The molecule has 0 unspecified atom stereocenters. The summed E-state index contributed by atoms with van der Waals surface area (Å²) in [6.45, 7) is 6.81. The molecule has 150 valence electrons. The normalized spacial score (nSPS) is 22.6. The molecule has 0 N–H and O–H groups in total. The minimum atomic E-state index is 0.744. The first kappa shape index (κ1) is 17.3. The monoisotopic (exact) mass is 388 g/mol. The second-order valence-electron chi connectivity index (χ2n) is 8.72. The molecule has 1 atom stereocenters. The highest BCUT2D eigenvalue weighted by Gasteiger charge is 2.30. The minimum absolute atomic E-state index is 0.744. The van der Waals surface area contributed by atoms with Crippen molar-refractivity contribution in [2.45, 2.75) is 38.3 Å². The zero-order valence-electron chi connectivity index (χ0n) is 16.9. The van der Waals surface area contributed by atoms with E-state index in [1.54, 1.807) is 0 Å². The molecule has 0 radical (unpaired) electrons. The second-order valence-corrected chi connectivity index (χ2v) is 8.72. The summed E-state index contributed by atoms with van der Waals surface area (Å²) in [5.74, 6) is 0. The first-order valence-electron chi connectivity index (χ1n) is 11.0. The van der Waals surface area contributed by atoms with E-state index in [1.807, 2.05) is 24.3 Å². The number of hydrogen-bond donors (Lipinski definition) is 0. The summed E-state index contributed by atoms with van der Waals surface area (Å²) in [4.78, 5) is 12.2. The van der Waals surface area contributed by atoms with Crippen molar-refractivity contribution in [3.8, 4) is 0 Å². The van der Waals surface area contributed by atoms with E-state index in [-0.39, 0.29) is 0 Å². The largest absolute Gasteiger partial charge is 0.423 e. The van der Waals surface area contributed by atoms with Crippen LogP contribution in [0.25, 0.3) is 11.1 Å². The molecule has 5 nitrogen and oxygen atoms in total. The first-order chi connectivity index (χ1) is 14.3. The van der Waals surface area contributed by atoms with Gasteiger partial charge in [-0.2, -0.15) is 4.98 Å². The fraction of sp³-hybridized carbons (Fsp3) is 0.458. The number of aromatic nitrogens is 1. The van der Waals surface area contributed by atoms with Gasteiger partial charge in [0.25, 0.3) is 6.01 Å². The molecule has 0 amide bonds. The average molecular weight is 389 g/mol. The number of likely N-dealkylation sites (tertiary alicyclic amines) is 1. The van der Waals surface area contributed by atoms with Crippen LogP contribution < -0.4 is 9.80 Å². The Labute approximate surface area is 171 Å². The summed E-state index contributed by atoms with van der Waals surface area (Å²) >= 11 is 0. The van der Waals surface area contributed by atoms with E-state index in [2.05, 4.69) is 37.9 Å². The maximum absolute atomic E-state index is 5.99. The molecule has 2 saturated heterocycles. The Bertz CT molecular complexity index is 990. The summed E-state index contributed by atoms with van der Waals surface area (Å²) in [6, 6.07) is 16.6. The molecule has 0 bridgehead atoms. The fourth-order valence-corrected chi connectivity index (χ4v) is 5.28. The van der Waals surface area contributed by atoms with Crippen molar-refractivity contribution in [3.63, 3.8) is 0 Å². The van der Waals surface area contributed by atoms with Crippen LogP contribution in [0.5, 0.6) is 0 Å². The molecule has 0 aliphatic carbocycles. The van der Waals surface area contributed by atoms with E-state index in [0.29, 0.717) is 0 Å². The molecule has 29 heavy (non-hydrogen) atoms. The van der Waals surface area contributed by atoms with Crippen LogP contribution in [0.2, 0.25) is 0 Å². The van der Waals surface area contributed by atoms with Gasteiger partial charge in [-0.05, 0) is 74.2 Å². The second kappa shape index (κ2) is 7.06. The van der Waals surface area contributed by atoms with Gasteiger partial charge in [0.2, 0.25) is 0 Å². The molecule has 1 aromatic heterocycles. The van der Waals surface area contributed by atoms with Crippen molar-refractivity contribution in [2.24, 2.45) is 0 Å². The molecular formula is C24H28N4O. The van der Waals surface area contributed by atoms with Gasteiger partial charge in [0.1, 0.15) is 5.52 Å². The highest BCUT2D eigenvalue weighted by atomic mass is 16.4. The summed E-state index contributed by atoms with van der Waals surface area (Å²) < 4.78 is 5.99. The molecule has 3 aromatic rings. The van der Waals surface area contributed by atoms with Gasteiger partial charge >= 0.3 is 0 Å². The molecule has 3 aliphatic heterocycles. The average Bonchev–Trinajstić information content (AvgIpc) is 3.52. The van der Waals surface area contributed by atoms with E-state index < -0.39 is 0 Å². The lowest BCUT2D eigenvalue weighted by Gasteiger charge is -2.29. The van der Waals surface area contributed by atoms with Crippen molar-refractivity contribution in [1.82, 2.24) is 9.88 Å². The molecule has 2 fully saturated rings. The fourth-order valence-electron chi connectivity index (χ4n) is 5.28. The number of fused-ring (bicyclic) bond motifs is 2. The lowest BCUT2D eigenvalue weighted by atomic mass is 9.99. The molecule has 2 aromatic carbocycles. The molecule has 4 heterocycles. The van der Waals surface area contributed by atoms with Crippen LogP contribution in [-0.4, -0.2) is 48.6 Å². The van der Waals surface area contributed by atoms with Crippen molar-refractivity contribution in [1.29, 1.82) is 0 Å². The zero-order chi connectivity index (χ0) is 19.2. The van der Waals surface area contributed by atoms with Crippen LogP contribution in [0.1, 0.15) is 30.4 Å². The van der Waals surface area contributed by atoms with E-state index in [9.17, 15) is 0 Å². The molecule has 0 spiro atoms. The standard InChI is InChI=1S/C24H28N4O/c1-2-6-23-22(5-1)25-24(29-23)28-13-9-18-15-20(8-7-19(18)16-28)27-14-10-21(17-27)26-11-3-4-12-26/h1-2,5-8,15,21H,3-4,9-14,16-17H2/t21-/m0/s1. The highest BCUT2D eigenvalue weighted by Crippen LogP contribution is 2.31. The SMILES string of the molecule is c1ccc2oc(N3CCc4cc(N5CC[C@H](N6CCCC6)C5)ccc4C3)nc2c1. The Hall–Kier alpha value is -2.53. The molecule has 3 aliphatic rings. The zero-order valence-corrected chi connectivity index (χ0v) is 16.9. The highest BCUT2D eigenvalue weighted by molar-refractivity contribution is 5.74. The quantitative estimate of drug-likeness (QED) is 0.676. The lowest BCUT2D eigenvalue weighted by molar-refractivity contribution is 0.260. The number of oxazole rings is 1. The summed E-state index contributed by atoms with van der Waals surface area (Å²) in [5, 5.41) is 0. The van der Waals surface area contributed by atoms with Gasteiger partial charge in [-0.3, -0.25) is 4.90 Å². The molecule has 5 heteroatoms. The van der Waals surface area contributed by atoms with E-state index in [1.165, 1.54) is 62.3 Å². The maximum Gasteiger partial charge on any atom is 0.298 e. The van der Waals surface area contributed by atoms with Gasteiger partial charge in [0.05, 0.1) is 0 Å². The third kappa shape index (κ3) is 3.18. The van der Waals surface area contributed by atoms with E-state index in [4.69, 9.17) is 4.42 Å². The van der Waals surface area contributed by atoms with Gasteiger partial charge in [-0.1, -0.05) is 18.2 Å². The van der Waals surface area contributed by atoms with Crippen LogP contribution in [0, 0.1) is 0 Å². The van der Waals surface area contributed by atoms with Crippen molar-refractivity contribution in [2.75, 3.05) is 42.5 Å². The van der Waals surface area contributed by atoms with Crippen LogP contribution in [-0.2, 0) is 13.0 Å². The van der Waals surface area contributed by atoms with Crippen LogP contribution >= 0.6 is 0 Å². The molecular weight excluding hydrogens is 360 g/mol. The summed E-state index contributed by atoms with van der Waals surface area (Å²) in [7, 11) is 0.